The third-order valence-electron chi connectivity index (χ3n) is 5.29. The number of halogens is 1. The van der Waals surface area contributed by atoms with Gasteiger partial charge in [0.25, 0.3) is 0 Å². The van der Waals surface area contributed by atoms with Crippen molar-refractivity contribution in [1.82, 2.24) is 14.9 Å². The number of phenols is 1. The van der Waals surface area contributed by atoms with Crippen molar-refractivity contribution in [2.24, 2.45) is 11.8 Å². The number of fused-ring (bicyclic) bond motifs is 1. The highest BCUT2D eigenvalue weighted by atomic mass is 35.5. The molecule has 3 aromatic rings. The van der Waals surface area contributed by atoms with E-state index in [0.717, 1.165) is 41.1 Å². The van der Waals surface area contributed by atoms with Crippen LogP contribution in [-0.2, 0) is 6.54 Å². The highest BCUT2D eigenvalue weighted by Gasteiger charge is 2.23. The summed E-state index contributed by atoms with van der Waals surface area (Å²) in [5.41, 5.74) is 2.51. The van der Waals surface area contributed by atoms with Gasteiger partial charge in [0.15, 0.2) is 0 Å². The molecule has 6 heteroatoms. The number of nitrogens with zero attached hydrogens (tertiary/aromatic N) is 3. The second-order valence-electron chi connectivity index (χ2n) is 7.97. The predicted octanol–water partition coefficient (Wildman–Crippen LogP) is 5.21. The first kappa shape index (κ1) is 19.0. The summed E-state index contributed by atoms with van der Waals surface area (Å²) in [4.78, 5) is 11.1. The molecule has 4 rings (SSSR count). The number of aromatic nitrogens is 2. The number of likely N-dealkylation sites (tertiary alicyclic amines) is 1. The van der Waals surface area contributed by atoms with E-state index < -0.39 is 0 Å². The van der Waals surface area contributed by atoms with Crippen LogP contribution < -0.4 is 5.32 Å². The predicted molar refractivity (Wildman–Crippen MR) is 114 cm³/mol. The second kappa shape index (κ2) is 7.94. The summed E-state index contributed by atoms with van der Waals surface area (Å²) in [6, 6.07) is 11.5. The monoisotopic (exact) mass is 396 g/mol. The first-order chi connectivity index (χ1) is 13.5. The summed E-state index contributed by atoms with van der Waals surface area (Å²) >= 11 is 6.34. The van der Waals surface area contributed by atoms with Crippen LogP contribution in [0.4, 0.5) is 11.5 Å². The van der Waals surface area contributed by atoms with Crippen LogP contribution in [-0.4, -0.2) is 33.1 Å². The Balaban J connectivity index is 1.62. The average molecular weight is 397 g/mol. The highest BCUT2D eigenvalue weighted by Crippen LogP contribution is 2.35. The molecular weight excluding hydrogens is 372 g/mol. The number of anilines is 2. The van der Waals surface area contributed by atoms with Crippen molar-refractivity contribution in [3.05, 3.63) is 53.3 Å². The highest BCUT2D eigenvalue weighted by molar-refractivity contribution is 6.32. The fourth-order valence-corrected chi connectivity index (χ4v) is 4.49. The lowest BCUT2D eigenvalue weighted by molar-refractivity contribution is 0.133. The van der Waals surface area contributed by atoms with Crippen molar-refractivity contribution in [1.29, 1.82) is 0 Å². The molecule has 1 aliphatic rings. The Morgan fingerprint density at radius 1 is 1.14 bits per heavy atom. The van der Waals surface area contributed by atoms with Gasteiger partial charge in [-0.15, -0.1) is 0 Å². The van der Waals surface area contributed by atoms with E-state index >= 15 is 0 Å². The molecule has 28 heavy (non-hydrogen) atoms. The van der Waals surface area contributed by atoms with E-state index in [2.05, 4.69) is 34.0 Å². The summed E-state index contributed by atoms with van der Waals surface area (Å²) in [7, 11) is 0. The Kier molecular flexibility index (Phi) is 5.38. The van der Waals surface area contributed by atoms with E-state index in [1.807, 2.05) is 30.3 Å². The molecule has 1 aliphatic heterocycles. The molecule has 0 radical (unpaired) electrons. The van der Waals surface area contributed by atoms with Crippen LogP contribution in [0.2, 0.25) is 5.02 Å². The van der Waals surface area contributed by atoms with E-state index in [1.54, 1.807) is 12.4 Å². The molecule has 2 heterocycles. The SMILES string of the molecule is CC1CC(C)CN(Cc2cc(Nc3ncnc4ccccc34)cc(Cl)c2O)C1. The van der Waals surface area contributed by atoms with Gasteiger partial charge in [-0.2, -0.15) is 0 Å². The summed E-state index contributed by atoms with van der Waals surface area (Å²) in [5, 5.41) is 15.1. The maximum atomic E-state index is 10.5. The van der Waals surface area contributed by atoms with Crippen molar-refractivity contribution in [3.63, 3.8) is 0 Å². The largest absolute Gasteiger partial charge is 0.506 e. The zero-order valence-corrected chi connectivity index (χ0v) is 16.9. The van der Waals surface area contributed by atoms with Crippen molar-refractivity contribution in [2.75, 3.05) is 18.4 Å². The molecule has 2 atom stereocenters. The number of benzene rings is 2. The Bertz CT molecular complexity index is 978. The van der Waals surface area contributed by atoms with Crippen LogP contribution >= 0.6 is 11.6 Å². The van der Waals surface area contributed by atoms with Crippen molar-refractivity contribution >= 4 is 34.0 Å². The van der Waals surface area contributed by atoms with Crippen LogP contribution in [0.5, 0.6) is 5.75 Å². The van der Waals surface area contributed by atoms with Crippen molar-refractivity contribution in [2.45, 2.75) is 26.8 Å². The fourth-order valence-electron chi connectivity index (χ4n) is 4.25. The molecule has 1 aromatic heterocycles. The Hall–Kier alpha value is -2.37. The molecule has 1 saturated heterocycles. The van der Waals surface area contributed by atoms with E-state index in [-0.39, 0.29) is 5.75 Å². The van der Waals surface area contributed by atoms with Gasteiger partial charge < -0.3 is 10.4 Å². The normalized spacial score (nSPS) is 20.4. The minimum absolute atomic E-state index is 0.158. The number of hydrogen-bond donors (Lipinski definition) is 2. The number of rotatable bonds is 4. The molecule has 2 unspecified atom stereocenters. The smallest absolute Gasteiger partial charge is 0.141 e. The lowest BCUT2D eigenvalue weighted by Crippen LogP contribution is -2.38. The van der Waals surface area contributed by atoms with Gasteiger partial charge in [-0.05, 0) is 42.5 Å². The molecule has 0 saturated carbocycles. The van der Waals surface area contributed by atoms with Gasteiger partial charge in [0.2, 0.25) is 0 Å². The van der Waals surface area contributed by atoms with Gasteiger partial charge in [-0.3, -0.25) is 4.90 Å². The van der Waals surface area contributed by atoms with Crippen molar-refractivity contribution in [3.8, 4) is 5.75 Å². The first-order valence-electron chi connectivity index (χ1n) is 9.70. The van der Waals surface area contributed by atoms with Crippen molar-refractivity contribution < 1.29 is 5.11 Å². The van der Waals surface area contributed by atoms with Crippen LogP contribution in [0.25, 0.3) is 10.9 Å². The van der Waals surface area contributed by atoms with Gasteiger partial charge in [0.1, 0.15) is 17.9 Å². The average Bonchev–Trinajstić information content (AvgIpc) is 2.65. The molecule has 5 nitrogen and oxygen atoms in total. The lowest BCUT2D eigenvalue weighted by Gasteiger charge is -2.35. The number of nitrogens with one attached hydrogen (secondary N) is 1. The van der Waals surface area contributed by atoms with Gasteiger partial charge in [-0.1, -0.05) is 37.6 Å². The minimum Gasteiger partial charge on any atom is -0.506 e. The molecule has 0 amide bonds. The van der Waals surface area contributed by atoms with E-state index in [1.165, 1.54) is 6.42 Å². The summed E-state index contributed by atoms with van der Waals surface area (Å²) in [5.74, 6) is 2.20. The Morgan fingerprint density at radius 3 is 2.68 bits per heavy atom. The third kappa shape index (κ3) is 4.05. The number of phenolic OH excluding ortho intramolecular Hbond substituents is 1. The topological polar surface area (TPSA) is 61.3 Å². The third-order valence-corrected chi connectivity index (χ3v) is 5.57. The maximum absolute atomic E-state index is 10.5. The van der Waals surface area contributed by atoms with Crippen LogP contribution in [0.3, 0.4) is 0 Å². The summed E-state index contributed by atoms with van der Waals surface area (Å²) < 4.78 is 0. The molecule has 0 spiro atoms. The van der Waals surface area contributed by atoms with Crippen LogP contribution in [0, 0.1) is 11.8 Å². The number of hydrogen-bond acceptors (Lipinski definition) is 5. The molecule has 1 fully saturated rings. The summed E-state index contributed by atoms with van der Waals surface area (Å²) in [6.45, 7) is 7.33. The van der Waals surface area contributed by atoms with Gasteiger partial charge in [0, 0.05) is 36.3 Å². The number of aromatic hydroxyl groups is 1. The zero-order chi connectivity index (χ0) is 19.7. The lowest BCUT2D eigenvalue weighted by atomic mass is 9.91. The van der Waals surface area contributed by atoms with Crippen LogP contribution in [0.15, 0.2) is 42.7 Å². The Morgan fingerprint density at radius 2 is 1.89 bits per heavy atom. The second-order valence-corrected chi connectivity index (χ2v) is 8.38. The first-order valence-corrected chi connectivity index (χ1v) is 10.1. The standard InChI is InChI=1S/C22H25ClN4O/c1-14-7-15(2)11-27(10-14)12-16-8-17(9-19(23)21(16)28)26-22-18-5-3-4-6-20(18)24-13-25-22/h3-6,8-9,13-15,28H,7,10-12H2,1-2H3,(H,24,25,26). The van der Waals surface area contributed by atoms with Gasteiger partial charge in [-0.25, -0.2) is 9.97 Å². The number of piperidine rings is 1. The maximum Gasteiger partial charge on any atom is 0.141 e. The molecular formula is C22H25ClN4O. The molecule has 146 valence electrons. The quantitative estimate of drug-likeness (QED) is 0.592. The van der Waals surface area contributed by atoms with Gasteiger partial charge in [0.05, 0.1) is 10.5 Å². The van der Waals surface area contributed by atoms with Gasteiger partial charge >= 0.3 is 0 Å². The minimum atomic E-state index is 0.158. The zero-order valence-electron chi connectivity index (χ0n) is 16.2. The van der Waals surface area contributed by atoms with Crippen LogP contribution in [0.1, 0.15) is 25.8 Å². The van der Waals surface area contributed by atoms with E-state index in [4.69, 9.17) is 11.6 Å². The Labute approximate surface area is 170 Å². The molecule has 2 aromatic carbocycles. The molecule has 0 bridgehead atoms. The van der Waals surface area contributed by atoms with E-state index in [9.17, 15) is 5.11 Å². The summed E-state index contributed by atoms with van der Waals surface area (Å²) in [6.07, 6.45) is 2.80. The molecule has 2 N–H and O–H groups in total. The fraction of sp³-hybridized carbons (Fsp3) is 0.364. The van der Waals surface area contributed by atoms with E-state index in [0.29, 0.717) is 23.4 Å². The molecule has 0 aliphatic carbocycles. The number of para-hydroxylation sites is 1.